The maximum atomic E-state index is 11.6. The van der Waals surface area contributed by atoms with E-state index in [4.69, 9.17) is 16.7 Å². The van der Waals surface area contributed by atoms with Gasteiger partial charge in [-0.15, -0.1) is 0 Å². The fourth-order valence-corrected chi connectivity index (χ4v) is 5.98. The second-order valence-electron chi connectivity index (χ2n) is 15.8. The number of benzene rings is 1. The van der Waals surface area contributed by atoms with Gasteiger partial charge >= 0.3 is 0 Å². The maximum absolute atomic E-state index is 11.6. The first-order valence-corrected chi connectivity index (χ1v) is 26.2. The van der Waals surface area contributed by atoms with Crippen LogP contribution in [0.4, 0.5) is 5.69 Å². The van der Waals surface area contributed by atoms with E-state index in [-0.39, 0.29) is 18.4 Å². The minimum Gasteiger partial charge on any atom is -0.391 e. The summed E-state index contributed by atoms with van der Waals surface area (Å²) in [6.45, 7) is 32.3. The van der Waals surface area contributed by atoms with Crippen LogP contribution < -0.4 is 5.32 Å². The number of carbonyl (C=O) groups excluding carboxylic acids is 4. The summed E-state index contributed by atoms with van der Waals surface area (Å²) >= 11 is 5.72. The largest absolute Gasteiger partial charge is 0.391 e. The number of halogens is 1. The minimum absolute atomic E-state index is 0.0218. The Hall–Kier alpha value is -2.05. The molecule has 1 fully saturated rings. The Morgan fingerprint density at radius 1 is 0.783 bits per heavy atom. The summed E-state index contributed by atoms with van der Waals surface area (Å²) in [7, 11) is -2.31. The average molecular weight is 889 g/mol. The predicted octanol–water partition coefficient (Wildman–Crippen LogP) is 15.8. The Balaban J connectivity index is -0.000000163. The number of aliphatic hydroxyl groups is 1. The molecule has 2 rings (SSSR count). The van der Waals surface area contributed by atoms with E-state index in [1.807, 2.05) is 86.6 Å². The molecular formula is C51H99ClNO6P. The summed E-state index contributed by atoms with van der Waals surface area (Å²) in [4.78, 5) is 53.7. The van der Waals surface area contributed by atoms with Crippen molar-refractivity contribution >= 4 is 54.0 Å². The summed E-state index contributed by atoms with van der Waals surface area (Å²) in [5, 5.41) is 12.0. The van der Waals surface area contributed by atoms with Crippen molar-refractivity contribution in [3.63, 3.8) is 0 Å². The lowest BCUT2D eigenvalue weighted by atomic mass is 10.1. The number of ketones is 3. The lowest BCUT2D eigenvalue weighted by Gasteiger charge is -2.17. The number of amides is 1. The van der Waals surface area contributed by atoms with Crippen LogP contribution in [0.2, 0.25) is 0 Å². The van der Waals surface area contributed by atoms with Crippen LogP contribution >= 0.6 is 18.7 Å². The molecular weight excluding hydrogens is 789 g/mol. The summed E-state index contributed by atoms with van der Waals surface area (Å²) in [5.41, 5.74) is 2.48. The van der Waals surface area contributed by atoms with Gasteiger partial charge in [0.05, 0.1) is 6.61 Å². The number of rotatable bonds is 21. The second-order valence-corrected chi connectivity index (χ2v) is 19.3. The van der Waals surface area contributed by atoms with Crippen LogP contribution in [0.5, 0.6) is 0 Å². The van der Waals surface area contributed by atoms with Crippen molar-refractivity contribution in [2.75, 3.05) is 18.1 Å². The van der Waals surface area contributed by atoms with E-state index >= 15 is 0 Å². The van der Waals surface area contributed by atoms with Gasteiger partial charge in [0.1, 0.15) is 17.3 Å². The number of carbonyl (C=O) groups is 4. The van der Waals surface area contributed by atoms with Crippen molar-refractivity contribution in [1.29, 1.82) is 0 Å². The van der Waals surface area contributed by atoms with E-state index in [0.29, 0.717) is 47.5 Å². The lowest BCUT2D eigenvalue weighted by Crippen LogP contribution is -2.17. The lowest BCUT2D eigenvalue weighted by molar-refractivity contribution is -0.119. The average Bonchev–Trinajstić information content (AvgIpc) is 3.92. The minimum atomic E-state index is -2.31. The van der Waals surface area contributed by atoms with Crippen molar-refractivity contribution in [1.82, 2.24) is 0 Å². The van der Waals surface area contributed by atoms with E-state index < -0.39 is 7.11 Å². The monoisotopic (exact) mass is 888 g/mol. The molecule has 0 spiro atoms. The molecule has 1 atom stereocenters. The smallest absolute Gasteiger partial charge is 0.226 e. The highest BCUT2D eigenvalue weighted by Crippen LogP contribution is 2.45. The molecule has 1 aliphatic rings. The molecule has 1 amide bonds. The van der Waals surface area contributed by atoms with E-state index in [1.165, 1.54) is 38.5 Å². The van der Waals surface area contributed by atoms with Gasteiger partial charge in [-0.2, -0.15) is 0 Å². The van der Waals surface area contributed by atoms with Gasteiger partial charge in [0.2, 0.25) is 5.91 Å². The number of hydrogen-bond acceptors (Lipinski definition) is 6. The topological polar surface area (TPSA) is 121 Å². The zero-order valence-corrected chi connectivity index (χ0v) is 43.8. The number of Topliss-reactive ketones (excluding diaryl/α,β-unsaturated/α-hetero) is 3. The molecule has 0 heterocycles. The third-order valence-corrected chi connectivity index (χ3v) is 10.5. The normalized spacial score (nSPS) is 12.5. The molecule has 3 N–H and O–H groups in total. The number of unbranched alkanes of at least 4 members (excludes halogenated alkanes) is 4. The zero-order chi connectivity index (χ0) is 48.0. The molecule has 0 aliphatic heterocycles. The summed E-state index contributed by atoms with van der Waals surface area (Å²) < 4.78 is 0. The Bertz CT molecular complexity index is 1200. The highest BCUT2D eigenvalue weighted by Gasteiger charge is 2.30. The van der Waals surface area contributed by atoms with Gasteiger partial charge < -0.3 is 20.1 Å². The van der Waals surface area contributed by atoms with Crippen LogP contribution in [0, 0.1) is 11.3 Å². The van der Waals surface area contributed by atoms with Crippen LogP contribution in [0.3, 0.4) is 0 Å². The van der Waals surface area contributed by atoms with Crippen LogP contribution in [0.25, 0.3) is 0 Å². The third-order valence-electron chi connectivity index (χ3n) is 8.18. The predicted molar refractivity (Wildman–Crippen MR) is 271 cm³/mol. The van der Waals surface area contributed by atoms with Crippen LogP contribution in [0.15, 0.2) is 35.4 Å². The molecule has 1 unspecified atom stereocenters. The van der Waals surface area contributed by atoms with Gasteiger partial charge in [0, 0.05) is 62.0 Å². The summed E-state index contributed by atoms with van der Waals surface area (Å²) in [5.74, 6) is 1.05. The molecule has 9 heteroatoms. The molecule has 7 nitrogen and oxygen atoms in total. The molecule has 60 heavy (non-hydrogen) atoms. The number of nitrogens with one attached hydrogen (secondary N) is 1. The fraction of sp³-hybridized carbons (Fsp3) is 0.745. The Morgan fingerprint density at radius 2 is 1.25 bits per heavy atom. The highest BCUT2D eigenvalue weighted by molar-refractivity contribution is 7.67. The standard InChI is InChI=1S/C17H25ClNO3P.2C8H16O.C6H12O.C5H10.C3H8.2C2H6/c1-13(2)17(21)19-16-8-6-14(7-9-16)12-23(3,22)10-4-5-15(18)11-20;1-3-4-5-6-7-8(2)9;1-3-5-7-8(9)6-4-2;1-3-5-6(7)4-2;1-5(2)3-4-5;1-3-2;2*1-2/h5-9,13,20,22H,3-4,10-12H2,1-2H3,(H,19,21);2*3-7H2,1-2H3;3-5H2,1-2H3;3-4H2,1-2H3;3H2,1-2H3;2*1-2H3/b15-5-;;;;;;;. The first kappa shape index (κ1) is 69.6. The molecule has 1 saturated carbocycles. The Morgan fingerprint density at radius 3 is 1.60 bits per heavy atom. The first-order valence-electron chi connectivity index (χ1n) is 23.6. The van der Waals surface area contributed by atoms with Crippen LogP contribution in [-0.4, -0.2) is 52.3 Å². The second kappa shape index (κ2) is 49.6. The van der Waals surface area contributed by atoms with Crippen molar-refractivity contribution in [3.05, 3.63) is 40.9 Å². The molecule has 1 aromatic rings. The number of aliphatic hydroxyl groups excluding tert-OH is 1. The first-order chi connectivity index (χ1) is 28.2. The van der Waals surface area contributed by atoms with E-state index in [0.717, 1.165) is 74.5 Å². The number of allylic oxidation sites excluding steroid dienone is 1. The zero-order valence-electron chi connectivity index (χ0n) is 42.2. The van der Waals surface area contributed by atoms with Gasteiger partial charge in [-0.05, 0) is 81.1 Å². The van der Waals surface area contributed by atoms with Crippen LogP contribution in [-0.2, 0) is 25.3 Å². The van der Waals surface area contributed by atoms with E-state index in [1.54, 1.807) is 13.0 Å². The van der Waals surface area contributed by atoms with Crippen molar-refractivity contribution in [2.24, 2.45) is 11.3 Å². The molecule has 0 radical (unpaired) electrons. The number of hydrogen-bond donors (Lipinski definition) is 3. The Kier molecular flexibility index (Phi) is 57.6. The van der Waals surface area contributed by atoms with Crippen LogP contribution in [0.1, 0.15) is 225 Å². The quantitative estimate of drug-likeness (QED) is 0.0835. The van der Waals surface area contributed by atoms with E-state index in [2.05, 4.69) is 53.2 Å². The number of anilines is 1. The van der Waals surface area contributed by atoms with Crippen molar-refractivity contribution in [3.8, 4) is 0 Å². The summed E-state index contributed by atoms with van der Waals surface area (Å²) in [6.07, 6.45) is 24.3. The summed E-state index contributed by atoms with van der Waals surface area (Å²) in [6, 6.07) is 7.45. The molecule has 0 aromatic heterocycles. The maximum Gasteiger partial charge on any atom is 0.226 e. The van der Waals surface area contributed by atoms with Gasteiger partial charge in [-0.3, -0.25) is 14.4 Å². The van der Waals surface area contributed by atoms with E-state index in [9.17, 15) is 24.1 Å². The highest BCUT2D eigenvalue weighted by atomic mass is 35.5. The van der Waals surface area contributed by atoms with Gasteiger partial charge in [-0.25, -0.2) is 0 Å². The van der Waals surface area contributed by atoms with Gasteiger partial charge in [0.15, 0.2) is 0 Å². The molecule has 1 aromatic carbocycles. The fourth-order valence-electron chi connectivity index (χ4n) is 4.21. The van der Waals surface area contributed by atoms with Gasteiger partial charge in [0.25, 0.3) is 0 Å². The molecule has 0 bridgehead atoms. The SMILES string of the molecule is C=P(O)(CC/C=C(\Cl)CO)Cc1ccc(NC(=O)C(C)C)cc1.CC.CC.CC1(C)CC1.CCC.CCCC(=O)CC.CCCCC(=O)CCC.CCCCCCC(C)=O. The van der Waals surface area contributed by atoms with Gasteiger partial charge in [-0.1, -0.05) is 172 Å². The molecule has 0 saturated heterocycles. The molecule has 356 valence electrons. The third kappa shape index (κ3) is 60.3. The molecule has 1 aliphatic carbocycles. The Labute approximate surface area is 378 Å². The van der Waals surface area contributed by atoms with Crippen molar-refractivity contribution < 1.29 is 29.2 Å². The van der Waals surface area contributed by atoms with Crippen molar-refractivity contribution in [2.45, 2.75) is 226 Å².